The zero-order valence-electron chi connectivity index (χ0n) is 11.4. The largest absolute Gasteiger partial charge is 0.484 e. The van der Waals surface area contributed by atoms with Gasteiger partial charge in [-0.15, -0.1) is 0 Å². The average Bonchev–Trinajstić information content (AvgIpc) is 2.90. The Bertz CT molecular complexity index is 648. The quantitative estimate of drug-likeness (QED) is 0.321. The third kappa shape index (κ3) is 3.96. The highest BCUT2D eigenvalue weighted by Gasteiger charge is 2.06. The fourth-order valence-corrected chi connectivity index (χ4v) is 1.59. The van der Waals surface area contributed by atoms with E-state index in [9.17, 15) is 4.79 Å². The second-order valence-electron chi connectivity index (χ2n) is 4.22. The molecule has 8 nitrogen and oxygen atoms in total. The van der Waals surface area contributed by atoms with Crippen molar-refractivity contribution in [2.24, 2.45) is 17.9 Å². The van der Waals surface area contributed by atoms with E-state index in [1.165, 1.54) is 0 Å². The van der Waals surface area contributed by atoms with Crippen LogP contribution in [0.2, 0.25) is 0 Å². The van der Waals surface area contributed by atoms with Crippen LogP contribution in [0.3, 0.4) is 0 Å². The number of aryl methyl sites for hydroxylation is 1. The van der Waals surface area contributed by atoms with Gasteiger partial charge in [-0.25, -0.2) is 0 Å². The second-order valence-corrected chi connectivity index (χ2v) is 4.22. The molecule has 0 unspecified atom stereocenters. The third-order valence-corrected chi connectivity index (χ3v) is 2.61. The molecule has 1 aromatic carbocycles. The van der Waals surface area contributed by atoms with E-state index in [0.29, 0.717) is 17.1 Å². The number of nitrogens with two attached hydrogens (primary N) is 1. The summed E-state index contributed by atoms with van der Waals surface area (Å²) in [5.41, 5.74) is 6.00. The molecule has 1 amide bonds. The topological polar surface area (TPSA) is 115 Å². The van der Waals surface area contributed by atoms with Crippen LogP contribution in [0.1, 0.15) is 5.56 Å². The molecule has 110 valence electrons. The SMILES string of the molecule is Cn1ccc(NC(=O)COc2ccc(/C(N)=N/O)cc2)n1. The van der Waals surface area contributed by atoms with E-state index in [1.807, 2.05) is 0 Å². The molecular weight excluding hydrogens is 274 g/mol. The number of ether oxygens (including phenoxy) is 1. The van der Waals surface area contributed by atoms with Gasteiger partial charge in [0, 0.05) is 24.9 Å². The van der Waals surface area contributed by atoms with Gasteiger partial charge in [0.05, 0.1) is 0 Å². The molecule has 0 fully saturated rings. The Labute approximate surface area is 120 Å². The highest BCUT2D eigenvalue weighted by molar-refractivity contribution is 5.97. The van der Waals surface area contributed by atoms with E-state index in [1.54, 1.807) is 48.3 Å². The molecule has 0 aliphatic rings. The lowest BCUT2D eigenvalue weighted by molar-refractivity contribution is -0.118. The number of amides is 1. The smallest absolute Gasteiger partial charge is 0.263 e. The first-order valence-electron chi connectivity index (χ1n) is 6.09. The molecular formula is C13H15N5O3. The zero-order chi connectivity index (χ0) is 15.2. The summed E-state index contributed by atoms with van der Waals surface area (Å²) in [6.07, 6.45) is 1.72. The summed E-state index contributed by atoms with van der Waals surface area (Å²) in [5, 5.41) is 18.1. The van der Waals surface area contributed by atoms with Crippen molar-refractivity contribution in [3.63, 3.8) is 0 Å². The van der Waals surface area contributed by atoms with Crippen LogP contribution in [0.15, 0.2) is 41.7 Å². The molecule has 4 N–H and O–H groups in total. The van der Waals surface area contributed by atoms with Crippen molar-refractivity contribution >= 4 is 17.6 Å². The summed E-state index contributed by atoms with van der Waals surface area (Å²) >= 11 is 0. The fourth-order valence-electron chi connectivity index (χ4n) is 1.59. The van der Waals surface area contributed by atoms with Crippen LogP contribution >= 0.6 is 0 Å². The van der Waals surface area contributed by atoms with Gasteiger partial charge < -0.3 is 21.0 Å². The number of benzene rings is 1. The molecule has 2 rings (SSSR count). The van der Waals surface area contributed by atoms with Gasteiger partial charge in [-0.1, -0.05) is 5.16 Å². The van der Waals surface area contributed by atoms with Gasteiger partial charge in [0.25, 0.3) is 5.91 Å². The van der Waals surface area contributed by atoms with Crippen molar-refractivity contribution < 1.29 is 14.7 Å². The van der Waals surface area contributed by atoms with Crippen LogP contribution in [-0.2, 0) is 11.8 Å². The van der Waals surface area contributed by atoms with Crippen LogP contribution in [0, 0.1) is 0 Å². The summed E-state index contributed by atoms with van der Waals surface area (Å²) in [4.78, 5) is 11.7. The van der Waals surface area contributed by atoms with Crippen LogP contribution in [-0.4, -0.2) is 33.3 Å². The lowest BCUT2D eigenvalue weighted by atomic mass is 10.2. The molecule has 0 aliphatic carbocycles. The highest BCUT2D eigenvalue weighted by Crippen LogP contribution is 2.12. The molecule has 0 saturated carbocycles. The van der Waals surface area contributed by atoms with E-state index in [-0.39, 0.29) is 18.3 Å². The first-order valence-corrected chi connectivity index (χ1v) is 6.09. The number of aromatic nitrogens is 2. The summed E-state index contributed by atoms with van der Waals surface area (Å²) in [5.74, 6) is 0.665. The first kappa shape index (κ1) is 14.4. The van der Waals surface area contributed by atoms with Crippen LogP contribution < -0.4 is 15.8 Å². The standard InChI is InChI=1S/C13H15N5O3/c1-18-7-6-11(16-18)15-12(19)8-21-10-4-2-9(3-5-10)13(14)17-20/h2-7,20H,8H2,1H3,(H2,14,17)(H,15,16,19). The number of hydrogen-bond acceptors (Lipinski definition) is 5. The monoisotopic (exact) mass is 289 g/mol. The minimum Gasteiger partial charge on any atom is -0.484 e. The second kappa shape index (κ2) is 6.42. The van der Waals surface area contributed by atoms with Crippen molar-refractivity contribution in [2.45, 2.75) is 0 Å². The van der Waals surface area contributed by atoms with Crippen molar-refractivity contribution in [1.82, 2.24) is 9.78 Å². The van der Waals surface area contributed by atoms with E-state index in [0.717, 1.165) is 0 Å². The molecule has 0 atom stereocenters. The number of nitrogens with zero attached hydrogens (tertiary/aromatic N) is 3. The Balaban J connectivity index is 1.86. The normalized spacial score (nSPS) is 11.2. The number of oxime groups is 1. The number of nitrogens with one attached hydrogen (secondary N) is 1. The van der Waals surface area contributed by atoms with Gasteiger partial charge in [-0.3, -0.25) is 9.48 Å². The van der Waals surface area contributed by atoms with Crippen LogP contribution in [0.25, 0.3) is 0 Å². The summed E-state index contributed by atoms with van der Waals surface area (Å²) in [6.45, 7) is -0.139. The lowest BCUT2D eigenvalue weighted by Crippen LogP contribution is -2.20. The number of rotatable bonds is 5. The highest BCUT2D eigenvalue weighted by atomic mass is 16.5. The molecule has 21 heavy (non-hydrogen) atoms. The maximum Gasteiger partial charge on any atom is 0.263 e. The Morgan fingerprint density at radius 1 is 1.43 bits per heavy atom. The molecule has 0 bridgehead atoms. The molecule has 0 aliphatic heterocycles. The van der Waals surface area contributed by atoms with Crippen molar-refractivity contribution in [3.8, 4) is 5.75 Å². The van der Waals surface area contributed by atoms with Crippen LogP contribution in [0.5, 0.6) is 5.75 Å². The van der Waals surface area contributed by atoms with Gasteiger partial charge >= 0.3 is 0 Å². The molecule has 1 heterocycles. The third-order valence-electron chi connectivity index (χ3n) is 2.61. The van der Waals surface area contributed by atoms with Crippen molar-refractivity contribution in [3.05, 3.63) is 42.1 Å². The van der Waals surface area contributed by atoms with Gasteiger partial charge in [0.2, 0.25) is 0 Å². The number of hydrogen-bond donors (Lipinski definition) is 3. The maximum atomic E-state index is 11.7. The zero-order valence-corrected chi connectivity index (χ0v) is 11.4. The van der Waals surface area contributed by atoms with E-state index < -0.39 is 0 Å². The number of carbonyl (C=O) groups is 1. The van der Waals surface area contributed by atoms with Gasteiger partial charge in [0.1, 0.15) is 5.75 Å². The minimum atomic E-state index is -0.311. The first-order chi connectivity index (χ1) is 10.1. The fraction of sp³-hybridized carbons (Fsp3) is 0.154. The summed E-state index contributed by atoms with van der Waals surface area (Å²) in [7, 11) is 1.76. The molecule has 8 heteroatoms. The number of amidine groups is 1. The van der Waals surface area contributed by atoms with E-state index in [2.05, 4.69) is 15.6 Å². The van der Waals surface area contributed by atoms with E-state index in [4.69, 9.17) is 15.7 Å². The van der Waals surface area contributed by atoms with Crippen LogP contribution in [0.4, 0.5) is 5.82 Å². The summed E-state index contributed by atoms with van der Waals surface area (Å²) < 4.78 is 6.91. The Kier molecular flexibility index (Phi) is 4.39. The molecule has 0 spiro atoms. The van der Waals surface area contributed by atoms with Gasteiger partial charge in [-0.05, 0) is 24.3 Å². The van der Waals surface area contributed by atoms with Gasteiger partial charge in [0.15, 0.2) is 18.3 Å². The van der Waals surface area contributed by atoms with Crippen molar-refractivity contribution in [1.29, 1.82) is 0 Å². The van der Waals surface area contributed by atoms with Gasteiger partial charge in [-0.2, -0.15) is 5.10 Å². The van der Waals surface area contributed by atoms with Crippen molar-refractivity contribution in [2.75, 3.05) is 11.9 Å². The van der Waals surface area contributed by atoms with E-state index >= 15 is 0 Å². The number of anilines is 1. The Hall–Kier alpha value is -3.03. The predicted molar refractivity (Wildman–Crippen MR) is 76.3 cm³/mol. The minimum absolute atomic E-state index is 0.00875. The lowest BCUT2D eigenvalue weighted by Gasteiger charge is -2.06. The summed E-state index contributed by atoms with van der Waals surface area (Å²) in [6, 6.07) is 8.19. The molecule has 2 aromatic rings. The molecule has 0 saturated heterocycles. The Morgan fingerprint density at radius 2 is 2.14 bits per heavy atom. The average molecular weight is 289 g/mol. The number of carbonyl (C=O) groups excluding carboxylic acids is 1. The predicted octanol–water partition coefficient (Wildman–Crippen LogP) is 0.532. The molecule has 0 radical (unpaired) electrons. The maximum absolute atomic E-state index is 11.7. The Morgan fingerprint density at radius 3 is 2.71 bits per heavy atom. The molecule has 1 aromatic heterocycles.